The lowest BCUT2D eigenvalue weighted by atomic mass is 9.90. The Morgan fingerprint density at radius 3 is 2.63 bits per heavy atom. The van der Waals surface area contributed by atoms with Crippen molar-refractivity contribution in [3.63, 3.8) is 0 Å². The number of hydrogen-bond acceptors (Lipinski definition) is 3. The summed E-state index contributed by atoms with van der Waals surface area (Å²) in [7, 11) is 0. The van der Waals surface area contributed by atoms with Crippen LogP contribution in [0.4, 0.5) is 0 Å². The average molecular weight is 263 g/mol. The molecule has 106 valence electrons. The molecule has 1 unspecified atom stereocenters. The van der Waals surface area contributed by atoms with Gasteiger partial charge in [0.2, 0.25) is 5.78 Å². The van der Waals surface area contributed by atoms with E-state index in [1.165, 1.54) is 12.8 Å². The van der Waals surface area contributed by atoms with Crippen LogP contribution in [0, 0.1) is 0 Å². The van der Waals surface area contributed by atoms with Gasteiger partial charge in [-0.1, -0.05) is 13.8 Å². The van der Waals surface area contributed by atoms with Crippen LogP contribution < -0.4 is 0 Å². The number of carbonyl (C=O) groups is 1. The van der Waals surface area contributed by atoms with E-state index in [9.17, 15) is 4.79 Å². The summed E-state index contributed by atoms with van der Waals surface area (Å²) in [5.74, 6) is 0.799. The first-order valence-corrected chi connectivity index (χ1v) is 7.44. The Balaban J connectivity index is 2.26. The summed E-state index contributed by atoms with van der Waals surface area (Å²) in [4.78, 5) is 19.6. The average Bonchev–Trinajstić information content (AvgIpc) is 3.08. The maximum Gasteiger partial charge on any atom is 0.218 e. The van der Waals surface area contributed by atoms with Crippen molar-refractivity contribution < 1.29 is 4.79 Å². The molecule has 1 aliphatic rings. The van der Waals surface area contributed by atoms with E-state index < -0.39 is 5.54 Å². The van der Waals surface area contributed by atoms with Crippen LogP contribution in [0.25, 0.3) is 0 Å². The van der Waals surface area contributed by atoms with Crippen molar-refractivity contribution in [3.05, 3.63) is 18.2 Å². The number of rotatable bonds is 6. The molecule has 0 radical (unpaired) electrons. The van der Waals surface area contributed by atoms with Crippen LogP contribution in [-0.2, 0) is 6.54 Å². The fourth-order valence-corrected chi connectivity index (χ4v) is 2.92. The van der Waals surface area contributed by atoms with Crippen molar-refractivity contribution in [3.8, 4) is 0 Å². The van der Waals surface area contributed by atoms with Crippen molar-refractivity contribution in [1.29, 1.82) is 0 Å². The molecule has 1 aromatic heterocycles. The summed E-state index contributed by atoms with van der Waals surface area (Å²) in [6.07, 6.45) is 7.91. The van der Waals surface area contributed by atoms with Crippen LogP contribution in [0.15, 0.2) is 12.4 Å². The molecule has 1 saturated heterocycles. The van der Waals surface area contributed by atoms with E-state index in [4.69, 9.17) is 0 Å². The van der Waals surface area contributed by atoms with Crippen LogP contribution in [-0.4, -0.2) is 38.9 Å². The van der Waals surface area contributed by atoms with E-state index in [2.05, 4.69) is 30.7 Å². The number of imidazole rings is 1. The quantitative estimate of drug-likeness (QED) is 0.741. The predicted octanol–water partition coefficient (Wildman–Crippen LogP) is 2.74. The molecule has 2 heterocycles. The van der Waals surface area contributed by atoms with Gasteiger partial charge in [-0.15, -0.1) is 0 Å². The van der Waals surface area contributed by atoms with E-state index in [1.54, 1.807) is 6.20 Å². The predicted molar refractivity (Wildman–Crippen MR) is 76.4 cm³/mol. The largest absolute Gasteiger partial charge is 0.328 e. The van der Waals surface area contributed by atoms with E-state index in [0.717, 1.165) is 32.5 Å². The SMILES string of the molecule is CCCn1ccnc1C(=O)C(C)(CC)N1CCCC1. The van der Waals surface area contributed by atoms with E-state index in [1.807, 2.05) is 10.8 Å². The van der Waals surface area contributed by atoms with Gasteiger partial charge < -0.3 is 4.57 Å². The molecule has 1 aromatic rings. The van der Waals surface area contributed by atoms with Gasteiger partial charge >= 0.3 is 0 Å². The zero-order chi connectivity index (χ0) is 13.9. The highest BCUT2D eigenvalue weighted by molar-refractivity contribution is 6.00. The maximum atomic E-state index is 12.9. The highest BCUT2D eigenvalue weighted by atomic mass is 16.1. The fraction of sp³-hybridized carbons (Fsp3) is 0.733. The van der Waals surface area contributed by atoms with Gasteiger partial charge in [0, 0.05) is 18.9 Å². The lowest BCUT2D eigenvalue weighted by Gasteiger charge is -2.36. The number of ketones is 1. The Kier molecular flexibility index (Phi) is 4.40. The van der Waals surface area contributed by atoms with E-state index in [-0.39, 0.29) is 5.78 Å². The molecule has 0 saturated carbocycles. The second-order valence-corrected chi connectivity index (χ2v) is 5.59. The molecule has 4 nitrogen and oxygen atoms in total. The third kappa shape index (κ3) is 2.59. The van der Waals surface area contributed by atoms with E-state index >= 15 is 0 Å². The molecule has 4 heteroatoms. The molecule has 19 heavy (non-hydrogen) atoms. The molecular weight excluding hydrogens is 238 g/mol. The molecule has 1 aliphatic heterocycles. The Bertz CT molecular complexity index is 434. The van der Waals surface area contributed by atoms with Gasteiger partial charge in [0.25, 0.3) is 0 Å². The lowest BCUT2D eigenvalue weighted by molar-refractivity contribution is 0.0631. The highest BCUT2D eigenvalue weighted by Crippen LogP contribution is 2.28. The number of aromatic nitrogens is 2. The highest BCUT2D eigenvalue weighted by Gasteiger charge is 2.41. The van der Waals surface area contributed by atoms with Gasteiger partial charge in [0.15, 0.2) is 5.82 Å². The number of hydrogen-bond donors (Lipinski definition) is 0. The van der Waals surface area contributed by atoms with Crippen LogP contribution in [0.3, 0.4) is 0 Å². The zero-order valence-corrected chi connectivity index (χ0v) is 12.4. The minimum absolute atomic E-state index is 0.176. The van der Waals surface area contributed by atoms with Crippen molar-refractivity contribution in [2.45, 2.75) is 58.5 Å². The van der Waals surface area contributed by atoms with Gasteiger partial charge in [0.05, 0.1) is 5.54 Å². The molecule has 0 N–H and O–H groups in total. The number of likely N-dealkylation sites (tertiary alicyclic amines) is 1. The summed E-state index contributed by atoms with van der Waals surface area (Å²) in [6.45, 7) is 9.22. The fourth-order valence-electron chi connectivity index (χ4n) is 2.92. The molecule has 0 aromatic carbocycles. The summed E-state index contributed by atoms with van der Waals surface area (Å²) < 4.78 is 1.99. The maximum absolute atomic E-state index is 12.9. The van der Waals surface area contributed by atoms with Crippen LogP contribution >= 0.6 is 0 Å². The molecule has 1 atom stereocenters. The second kappa shape index (κ2) is 5.87. The van der Waals surface area contributed by atoms with Crippen molar-refractivity contribution in [2.75, 3.05) is 13.1 Å². The van der Waals surface area contributed by atoms with E-state index in [0.29, 0.717) is 5.82 Å². The molecule has 0 amide bonds. The van der Waals surface area contributed by atoms with Gasteiger partial charge in [0.1, 0.15) is 0 Å². The van der Waals surface area contributed by atoms with Gasteiger partial charge in [-0.2, -0.15) is 0 Å². The zero-order valence-electron chi connectivity index (χ0n) is 12.4. The second-order valence-electron chi connectivity index (χ2n) is 5.59. The normalized spacial score (nSPS) is 19.5. The molecule has 0 spiro atoms. The van der Waals surface area contributed by atoms with Gasteiger partial charge in [-0.05, 0) is 45.7 Å². The van der Waals surface area contributed by atoms with Crippen LogP contribution in [0.5, 0.6) is 0 Å². The number of nitrogens with zero attached hydrogens (tertiary/aromatic N) is 3. The number of aryl methyl sites for hydroxylation is 1. The van der Waals surface area contributed by atoms with Crippen molar-refractivity contribution in [1.82, 2.24) is 14.5 Å². The Morgan fingerprint density at radius 1 is 1.37 bits per heavy atom. The first-order valence-electron chi connectivity index (χ1n) is 7.44. The van der Waals surface area contributed by atoms with Crippen LogP contribution in [0.1, 0.15) is 57.1 Å². The molecule has 1 fully saturated rings. The Morgan fingerprint density at radius 2 is 2.05 bits per heavy atom. The molecular formula is C15H25N3O. The van der Waals surface area contributed by atoms with Crippen LogP contribution in [0.2, 0.25) is 0 Å². The minimum atomic E-state index is -0.395. The number of Topliss-reactive ketones (excluding diaryl/α,β-unsaturated/α-hetero) is 1. The van der Waals surface area contributed by atoms with Crippen molar-refractivity contribution >= 4 is 5.78 Å². The number of carbonyl (C=O) groups excluding carboxylic acids is 1. The summed E-state index contributed by atoms with van der Waals surface area (Å²) in [6, 6.07) is 0. The summed E-state index contributed by atoms with van der Waals surface area (Å²) in [5, 5.41) is 0. The first-order chi connectivity index (χ1) is 9.13. The molecule has 2 rings (SSSR count). The Labute approximate surface area is 115 Å². The molecule has 0 aliphatic carbocycles. The standard InChI is InChI=1S/C15H25N3O/c1-4-9-17-12-8-16-14(17)13(19)15(3,5-2)18-10-6-7-11-18/h8,12H,4-7,9-11H2,1-3H3. The molecule has 0 bridgehead atoms. The third-order valence-corrected chi connectivity index (χ3v) is 4.36. The first kappa shape index (κ1) is 14.3. The summed E-state index contributed by atoms with van der Waals surface area (Å²) >= 11 is 0. The van der Waals surface area contributed by atoms with Crippen molar-refractivity contribution in [2.24, 2.45) is 0 Å². The topological polar surface area (TPSA) is 38.1 Å². The monoisotopic (exact) mass is 263 g/mol. The third-order valence-electron chi connectivity index (χ3n) is 4.36. The summed E-state index contributed by atoms with van der Waals surface area (Å²) in [5.41, 5.74) is -0.395. The van der Waals surface area contributed by atoms with Gasteiger partial charge in [-0.25, -0.2) is 4.98 Å². The smallest absolute Gasteiger partial charge is 0.218 e. The Hall–Kier alpha value is -1.16. The van der Waals surface area contributed by atoms with Gasteiger partial charge in [-0.3, -0.25) is 9.69 Å². The lowest BCUT2D eigenvalue weighted by Crippen LogP contribution is -2.51. The minimum Gasteiger partial charge on any atom is -0.328 e.